The van der Waals surface area contributed by atoms with Gasteiger partial charge in [0.05, 0.1) is 19.1 Å². The first-order chi connectivity index (χ1) is 11.0. The molecule has 7 heteroatoms. The van der Waals surface area contributed by atoms with Crippen LogP contribution in [0.25, 0.3) is 0 Å². The first kappa shape index (κ1) is 16.7. The van der Waals surface area contributed by atoms with E-state index in [1.165, 1.54) is 6.08 Å². The number of hydrogen-bond donors (Lipinski definition) is 3. The van der Waals surface area contributed by atoms with E-state index >= 15 is 0 Å². The Morgan fingerprint density at radius 1 is 1.48 bits per heavy atom. The quantitative estimate of drug-likeness (QED) is 0.511. The van der Waals surface area contributed by atoms with Crippen LogP contribution in [0, 0.1) is 0 Å². The Labute approximate surface area is 133 Å². The minimum absolute atomic E-state index is 0.0251. The largest absolute Gasteiger partial charge is 0.480 e. The SMILES string of the molecule is C=CCOCC(NC(=O)C1CC(=O)Nc2ccccc21)C(=O)O. The number of para-hydroxylation sites is 1. The van der Waals surface area contributed by atoms with E-state index in [0.717, 1.165) is 0 Å². The summed E-state index contributed by atoms with van der Waals surface area (Å²) < 4.78 is 5.09. The standard InChI is InChI=1S/C16H18N2O5/c1-2-7-23-9-13(16(21)22)18-15(20)11-8-14(19)17-12-6-4-3-5-10(11)12/h2-6,11,13H,1,7-9H2,(H,17,19)(H,18,20)(H,21,22). The van der Waals surface area contributed by atoms with E-state index in [1.807, 2.05) is 0 Å². The van der Waals surface area contributed by atoms with Crippen LogP contribution in [0.5, 0.6) is 0 Å². The molecule has 0 radical (unpaired) electrons. The smallest absolute Gasteiger partial charge is 0.328 e. The maximum Gasteiger partial charge on any atom is 0.328 e. The fraction of sp³-hybridized carbons (Fsp3) is 0.312. The van der Waals surface area contributed by atoms with Crippen molar-refractivity contribution in [2.45, 2.75) is 18.4 Å². The first-order valence-corrected chi connectivity index (χ1v) is 7.13. The molecule has 0 fully saturated rings. The number of carbonyl (C=O) groups is 3. The average molecular weight is 318 g/mol. The van der Waals surface area contributed by atoms with Gasteiger partial charge in [0.25, 0.3) is 0 Å². The van der Waals surface area contributed by atoms with Gasteiger partial charge in [0.2, 0.25) is 11.8 Å². The molecule has 2 rings (SSSR count). The number of fused-ring (bicyclic) bond motifs is 1. The molecule has 0 aliphatic carbocycles. The maximum atomic E-state index is 12.4. The molecule has 0 saturated heterocycles. The summed E-state index contributed by atoms with van der Waals surface area (Å²) in [5.41, 5.74) is 1.24. The lowest BCUT2D eigenvalue weighted by Gasteiger charge is -2.26. The summed E-state index contributed by atoms with van der Waals surface area (Å²) in [6.07, 6.45) is 1.46. The monoisotopic (exact) mass is 318 g/mol. The van der Waals surface area contributed by atoms with Crippen molar-refractivity contribution >= 4 is 23.5 Å². The van der Waals surface area contributed by atoms with Crippen molar-refractivity contribution in [2.75, 3.05) is 18.5 Å². The summed E-state index contributed by atoms with van der Waals surface area (Å²) >= 11 is 0. The third-order valence-electron chi connectivity index (χ3n) is 3.45. The number of nitrogens with one attached hydrogen (secondary N) is 2. The van der Waals surface area contributed by atoms with Crippen molar-refractivity contribution in [3.05, 3.63) is 42.5 Å². The zero-order chi connectivity index (χ0) is 16.8. The molecule has 122 valence electrons. The molecule has 0 bridgehead atoms. The van der Waals surface area contributed by atoms with Crippen molar-refractivity contribution in [3.63, 3.8) is 0 Å². The molecule has 1 aliphatic rings. The zero-order valence-corrected chi connectivity index (χ0v) is 12.5. The van der Waals surface area contributed by atoms with Gasteiger partial charge >= 0.3 is 5.97 Å². The van der Waals surface area contributed by atoms with E-state index < -0.39 is 23.8 Å². The normalized spacial score (nSPS) is 17.6. The lowest BCUT2D eigenvalue weighted by atomic mass is 9.89. The molecule has 1 heterocycles. The van der Waals surface area contributed by atoms with E-state index in [9.17, 15) is 14.4 Å². The molecule has 1 aromatic rings. The number of carboxylic acids is 1. The van der Waals surface area contributed by atoms with Crippen LogP contribution in [0.3, 0.4) is 0 Å². The Kier molecular flexibility index (Phi) is 5.48. The lowest BCUT2D eigenvalue weighted by Crippen LogP contribution is -2.47. The van der Waals surface area contributed by atoms with E-state index in [1.54, 1.807) is 24.3 Å². The van der Waals surface area contributed by atoms with Gasteiger partial charge in [-0.25, -0.2) is 4.79 Å². The molecule has 2 unspecified atom stereocenters. The van der Waals surface area contributed by atoms with Crippen molar-refractivity contribution in [2.24, 2.45) is 0 Å². The van der Waals surface area contributed by atoms with Gasteiger partial charge < -0.3 is 20.5 Å². The Balaban J connectivity index is 2.11. The third-order valence-corrected chi connectivity index (χ3v) is 3.45. The van der Waals surface area contributed by atoms with Crippen molar-refractivity contribution in [1.82, 2.24) is 5.32 Å². The highest BCUT2D eigenvalue weighted by molar-refractivity contribution is 6.01. The predicted octanol–water partition coefficient (Wildman–Crippen LogP) is 0.884. The molecule has 7 nitrogen and oxygen atoms in total. The molecule has 1 aromatic carbocycles. The highest BCUT2D eigenvalue weighted by atomic mass is 16.5. The van der Waals surface area contributed by atoms with E-state index in [2.05, 4.69) is 17.2 Å². The van der Waals surface area contributed by atoms with Gasteiger partial charge in [0.15, 0.2) is 6.04 Å². The third kappa shape index (κ3) is 4.17. The molecule has 0 aromatic heterocycles. The van der Waals surface area contributed by atoms with Gasteiger partial charge in [-0.2, -0.15) is 0 Å². The molecule has 2 amide bonds. The second-order valence-electron chi connectivity index (χ2n) is 5.12. The molecule has 3 N–H and O–H groups in total. The molecule has 0 saturated carbocycles. The molecule has 1 aliphatic heterocycles. The lowest BCUT2D eigenvalue weighted by molar-refractivity contribution is -0.143. The summed E-state index contributed by atoms with van der Waals surface area (Å²) in [6, 6.07) is 5.78. The van der Waals surface area contributed by atoms with Gasteiger partial charge in [-0.3, -0.25) is 9.59 Å². The highest BCUT2D eigenvalue weighted by Gasteiger charge is 2.32. The van der Waals surface area contributed by atoms with Crippen LogP contribution in [-0.4, -0.2) is 42.1 Å². The minimum Gasteiger partial charge on any atom is -0.480 e. The van der Waals surface area contributed by atoms with Crippen LogP contribution in [0.4, 0.5) is 5.69 Å². The summed E-state index contributed by atoms with van der Waals surface area (Å²) in [5, 5.41) is 14.3. The van der Waals surface area contributed by atoms with Crippen molar-refractivity contribution < 1.29 is 24.2 Å². The number of rotatable bonds is 7. The van der Waals surface area contributed by atoms with Crippen LogP contribution >= 0.6 is 0 Å². The number of carbonyl (C=O) groups excluding carboxylic acids is 2. The molecular formula is C16H18N2O5. The number of carboxylic acid groups (broad SMARTS) is 1. The number of anilines is 1. The van der Waals surface area contributed by atoms with Crippen molar-refractivity contribution in [1.29, 1.82) is 0 Å². The Hall–Kier alpha value is -2.67. The summed E-state index contributed by atoms with van der Waals surface area (Å²) in [7, 11) is 0. The molecule has 23 heavy (non-hydrogen) atoms. The van der Waals surface area contributed by atoms with Crippen LogP contribution in [0.1, 0.15) is 17.9 Å². The number of benzene rings is 1. The van der Waals surface area contributed by atoms with E-state index in [0.29, 0.717) is 11.3 Å². The molecular weight excluding hydrogens is 300 g/mol. The number of amides is 2. The second kappa shape index (κ2) is 7.55. The van der Waals surface area contributed by atoms with Crippen molar-refractivity contribution in [3.8, 4) is 0 Å². The Morgan fingerprint density at radius 2 is 2.22 bits per heavy atom. The van der Waals surface area contributed by atoms with Gasteiger partial charge in [0, 0.05) is 12.1 Å². The fourth-order valence-corrected chi connectivity index (χ4v) is 2.36. The van der Waals surface area contributed by atoms with Crippen LogP contribution < -0.4 is 10.6 Å². The Morgan fingerprint density at radius 3 is 2.91 bits per heavy atom. The van der Waals surface area contributed by atoms with Gasteiger partial charge in [0.1, 0.15) is 0 Å². The van der Waals surface area contributed by atoms with Gasteiger partial charge in [-0.1, -0.05) is 24.3 Å². The highest BCUT2D eigenvalue weighted by Crippen LogP contribution is 2.32. The maximum absolute atomic E-state index is 12.4. The Bertz CT molecular complexity index is 629. The van der Waals surface area contributed by atoms with Gasteiger partial charge in [-0.05, 0) is 11.6 Å². The number of hydrogen-bond acceptors (Lipinski definition) is 4. The van der Waals surface area contributed by atoms with E-state index in [4.69, 9.17) is 9.84 Å². The number of ether oxygens (including phenoxy) is 1. The topological polar surface area (TPSA) is 105 Å². The van der Waals surface area contributed by atoms with Crippen LogP contribution in [-0.2, 0) is 19.1 Å². The van der Waals surface area contributed by atoms with Crippen LogP contribution in [0.15, 0.2) is 36.9 Å². The average Bonchev–Trinajstić information content (AvgIpc) is 2.52. The number of aliphatic carboxylic acids is 1. The zero-order valence-electron chi connectivity index (χ0n) is 12.5. The predicted molar refractivity (Wildman–Crippen MR) is 83.0 cm³/mol. The van der Waals surface area contributed by atoms with E-state index in [-0.39, 0.29) is 25.5 Å². The van der Waals surface area contributed by atoms with Crippen LogP contribution in [0.2, 0.25) is 0 Å². The second-order valence-corrected chi connectivity index (χ2v) is 5.12. The summed E-state index contributed by atoms with van der Waals surface area (Å²) in [5.74, 6) is -2.71. The summed E-state index contributed by atoms with van der Waals surface area (Å²) in [6.45, 7) is 3.48. The molecule has 2 atom stereocenters. The summed E-state index contributed by atoms with van der Waals surface area (Å²) in [4.78, 5) is 35.4. The fourth-order valence-electron chi connectivity index (χ4n) is 2.36. The first-order valence-electron chi connectivity index (χ1n) is 7.13. The molecule has 0 spiro atoms. The van der Waals surface area contributed by atoms with Gasteiger partial charge in [-0.15, -0.1) is 6.58 Å². The minimum atomic E-state index is -1.20.